The Labute approximate surface area is 191 Å². The summed E-state index contributed by atoms with van der Waals surface area (Å²) in [6.07, 6.45) is -1.21. The first-order valence-electron chi connectivity index (χ1n) is 10.1. The van der Waals surface area contributed by atoms with Gasteiger partial charge < -0.3 is 24.8 Å². The van der Waals surface area contributed by atoms with Crippen molar-refractivity contribution in [2.45, 2.75) is 6.10 Å². The minimum atomic E-state index is -1.21. The van der Waals surface area contributed by atoms with Gasteiger partial charge in [0.1, 0.15) is 18.0 Å². The van der Waals surface area contributed by atoms with E-state index < -0.39 is 30.4 Å². The van der Waals surface area contributed by atoms with Crippen molar-refractivity contribution in [3.63, 3.8) is 0 Å². The van der Waals surface area contributed by atoms with Crippen LogP contribution in [0.2, 0.25) is 0 Å². The lowest BCUT2D eigenvalue weighted by atomic mass is 10.1. The summed E-state index contributed by atoms with van der Waals surface area (Å²) in [5.74, 6) is -0.566. The molecule has 170 valence electrons. The van der Waals surface area contributed by atoms with E-state index in [9.17, 15) is 14.4 Å². The molecule has 33 heavy (non-hydrogen) atoms. The molecule has 0 aliphatic carbocycles. The average molecular weight is 448 g/mol. The van der Waals surface area contributed by atoms with Gasteiger partial charge in [0.2, 0.25) is 6.10 Å². The molecular weight excluding hydrogens is 424 g/mol. The van der Waals surface area contributed by atoms with Gasteiger partial charge in [-0.1, -0.05) is 36.4 Å². The Hall–Kier alpha value is -4.33. The zero-order chi connectivity index (χ0) is 23.6. The Bertz CT molecular complexity index is 1100. The second-order valence-corrected chi connectivity index (χ2v) is 6.91. The molecule has 0 saturated heterocycles. The molecule has 0 aliphatic rings. The average Bonchev–Trinajstić information content (AvgIpc) is 2.86. The van der Waals surface area contributed by atoms with Crippen LogP contribution in [0.25, 0.3) is 0 Å². The first-order valence-corrected chi connectivity index (χ1v) is 10.1. The van der Waals surface area contributed by atoms with Crippen LogP contribution in [0.5, 0.6) is 11.5 Å². The van der Waals surface area contributed by atoms with Crippen LogP contribution >= 0.6 is 0 Å². The number of hydrogen-bond donors (Lipinski definition) is 2. The Morgan fingerprint density at radius 2 is 1.52 bits per heavy atom. The highest BCUT2D eigenvalue weighted by atomic mass is 16.5. The monoisotopic (exact) mass is 448 g/mol. The van der Waals surface area contributed by atoms with E-state index in [4.69, 9.17) is 14.2 Å². The number of carbonyl (C=O) groups excluding carboxylic acids is 3. The van der Waals surface area contributed by atoms with Gasteiger partial charge in [-0.25, -0.2) is 0 Å². The van der Waals surface area contributed by atoms with E-state index >= 15 is 0 Å². The molecule has 0 aromatic heterocycles. The Morgan fingerprint density at radius 1 is 0.818 bits per heavy atom. The summed E-state index contributed by atoms with van der Waals surface area (Å²) in [4.78, 5) is 37.7. The van der Waals surface area contributed by atoms with E-state index in [0.29, 0.717) is 28.3 Å². The van der Waals surface area contributed by atoms with Crippen molar-refractivity contribution in [3.8, 4) is 11.5 Å². The fourth-order valence-corrected chi connectivity index (χ4v) is 2.98. The van der Waals surface area contributed by atoms with E-state index in [1.165, 1.54) is 14.2 Å². The Morgan fingerprint density at radius 3 is 2.18 bits per heavy atom. The molecule has 0 fully saturated rings. The maximum absolute atomic E-state index is 12.9. The first-order chi connectivity index (χ1) is 16.0. The third-order valence-electron chi connectivity index (χ3n) is 4.67. The van der Waals surface area contributed by atoms with Gasteiger partial charge in [-0.2, -0.15) is 0 Å². The smallest absolute Gasteiger partial charge is 0.326 e. The molecule has 3 rings (SSSR count). The van der Waals surface area contributed by atoms with Crippen LogP contribution < -0.4 is 20.1 Å². The van der Waals surface area contributed by atoms with Crippen LogP contribution in [0.1, 0.15) is 22.0 Å². The van der Waals surface area contributed by atoms with Crippen LogP contribution in [0, 0.1) is 0 Å². The maximum atomic E-state index is 12.9. The summed E-state index contributed by atoms with van der Waals surface area (Å²) in [5.41, 5.74) is 1.34. The molecule has 0 spiro atoms. The minimum absolute atomic E-state index is 0.360. The lowest BCUT2D eigenvalue weighted by Crippen LogP contribution is -2.33. The van der Waals surface area contributed by atoms with Gasteiger partial charge in [-0.15, -0.1) is 0 Å². The van der Waals surface area contributed by atoms with Gasteiger partial charge >= 0.3 is 5.97 Å². The number of anilines is 1. The molecule has 0 saturated carbocycles. The van der Waals surface area contributed by atoms with Crippen LogP contribution in [0.15, 0.2) is 78.9 Å². The van der Waals surface area contributed by atoms with Gasteiger partial charge in [-0.3, -0.25) is 14.4 Å². The molecule has 0 unspecified atom stereocenters. The molecule has 8 nitrogen and oxygen atoms in total. The number of amides is 2. The quantitative estimate of drug-likeness (QED) is 0.487. The SMILES string of the molecule is COc1ccc(C(=O)NCC(=O)O[C@@H](C(=O)Nc2cccc(OC)c2)c2ccccc2)cc1. The number of nitrogens with one attached hydrogen (secondary N) is 2. The molecule has 3 aromatic rings. The zero-order valence-corrected chi connectivity index (χ0v) is 18.2. The van der Waals surface area contributed by atoms with Crippen molar-refractivity contribution in [3.05, 3.63) is 90.0 Å². The van der Waals surface area contributed by atoms with Crippen molar-refractivity contribution >= 4 is 23.5 Å². The number of carbonyl (C=O) groups is 3. The van der Waals surface area contributed by atoms with Gasteiger partial charge in [0.25, 0.3) is 11.8 Å². The normalized spacial score (nSPS) is 11.1. The molecule has 0 bridgehead atoms. The molecule has 1 atom stereocenters. The van der Waals surface area contributed by atoms with Crippen LogP contribution in [-0.2, 0) is 14.3 Å². The second-order valence-electron chi connectivity index (χ2n) is 6.91. The first kappa shape index (κ1) is 23.3. The summed E-state index contributed by atoms with van der Waals surface area (Å²) in [6, 6.07) is 21.9. The fraction of sp³-hybridized carbons (Fsp3) is 0.160. The zero-order valence-electron chi connectivity index (χ0n) is 18.2. The second kappa shape index (κ2) is 11.3. The standard InChI is InChI=1S/C25H24N2O6/c1-31-20-13-11-18(12-14-20)24(29)26-16-22(28)33-23(17-7-4-3-5-8-17)25(30)27-19-9-6-10-21(15-19)32-2/h3-15,23H,16H2,1-2H3,(H,26,29)(H,27,30)/t23-/m1/s1. The van der Waals surface area contributed by atoms with E-state index in [0.717, 1.165) is 0 Å². The van der Waals surface area contributed by atoms with Crippen LogP contribution in [0.4, 0.5) is 5.69 Å². The van der Waals surface area contributed by atoms with Crippen molar-refractivity contribution in [2.75, 3.05) is 26.1 Å². The van der Waals surface area contributed by atoms with Gasteiger partial charge in [0.05, 0.1) is 14.2 Å². The summed E-state index contributed by atoms with van der Waals surface area (Å²) in [5, 5.41) is 5.22. The maximum Gasteiger partial charge on any atom is 0.326 e. The van der Waals surface area contributed by atoms with Gasteiger partial charge in [0, 0.05) is 22.9 Å². The molecular formula is C25H24N2O6. The van der Waals surface area contributed by atoms with Gasteiger partial charge in [0.15, 0.2) is 0 Å². The summed E-state index contributed by atoms with van der Waals surface area (Å²) in [6.45, 7) is -0.402. The molecule has 0 radical (unpaired) electrons. The Kier molecular flexibility index (Phi) is 8.02. The summed E-state index contributed by atoms with van der Waals surface area (Å²) >= 11 is 0. The van der Waals surface area contributed by atoms with E-state index in [2.05, 4.69) is 10.6 Å². The number of methoxy groups -OCH3 is 2. The number of benzene rings is 3. The number of rotatable bonds is 9. The molecule has 0 heterocycles. The van der Waals surface area contributed by atoms with Crippen molar-refractivity contribution in [1.29, 1.82) is 0 Å². The van der Waals surface area contributed by atoms with E-state index in [1.54, 1.807) is 78.9 Å². The number of hydrogen-bond acceptors (Lipinski definition) is 6. The highest BCUT2D eigenvalue weighted by molar-refractivity contribution is 5.98. The molecule has 2 amide bonds. The molecule has 2 N–H and O–H groups in total. The van der Waals surface area contributed by atoms with Crippen molar-refractivity contribution in [1.82, 2.24) is 5.32 Å². The predicted molar refractivity (Wildman–Crippen MR) is 122 cm³/mol. The highest BCUT2D eigenvalue weighted by Gasteiger charge is 2.25. The minimum Gasteiger partial charge on any atom is -0.497 e. The third-order valence-corrected chi connectivity index (χ3v) is 4.67. The number of esters is 1. The highest BCUT2D eigenvalue weighted by Crippen LogP contribution is 2.22. The Balaban J connectivity index is 1.66. The van der Waals surface area contributed by atoms with E-state index in [-0.39, 0.29) is 0 Å². The molecule has 8 heteroatoms. The number of ether oxygens (including phenoxy) is 3. The third kappa shape index (κ3) is 6.57. The van der Waals surface area contributed by atoms with Crippen molar-refractivity contribution in [2.24, 2.45) is 0 Å². The molecule has 3 aromatic carbocycles. The topological polar surface area (TPSA) is 103 Å². The predicted octanol–water partition coefficient (Wildman–Crippen LogP) is 3.36. The largest absolute Gasteiger partial charge is 0.497 e. The summed E-state index contributed by atoms with van der Waals surface area (Å²) < 4.78 is 15.7. The van der Waals surface area contributed by atoms with Crippen LogP contribution in [0.3, 0.4) is 0 Å². The lowest BCUT2D eigenvalue weighted by molar-refractivity contribution is -0.153. The van der Waals surface area contributed by atoms with Crippen molar-refractivity contribution < 1.29 is 28.6 Å². The lowest BCUT2D eigenvalue weighted by Gasteiger charge is -2.18. The summed E-state index contributed by atoms with van der Waals surface area (Å²) in [7, 11) is 3.05. The van der Waals surface area contributed by atoms with Gasteiger partial charge in [-0.05, 0) is 36.4 Å². The van der Waals surface area contributed by atoms with Crippen LogP contribution in [-0.4, -0.2) is 38.5 Å². The fourth-order valence-electron chi connectivity index (χ4n) is 2.98. The molecule has 0 aliphatic heterocycles. The van der Waals surface area contributed by atoms with E-state index in [1.807, 2.05) is 0 Å².